The molecule has 3 aliphatic heterocycles. The number of aromatic nitrogens is 1. The first kappa shape index (κ1) is 22.3. The molecular formula is C26H35N5O2. The van der Waals surface area contributed by atoms with E-state index in [0.29, 0.717) is 19.1 Å². The molecule has 5 rings (SSSR count). The maximum Gasteiger partial charge on any atom is 0.254 e. The summed E-state index contributed by atoms with van der Waals surface area (Å²) < 4.78 is 0. The first-order chi connectivity index (χ1) is 16.1. The van der Waals surface area contributed by atoms with E-state index in [0.717, 1.165) is 62.3 Å². The minimum absolute atomic E-state index is 0.000667. The molecule has 0 radical (unpaired) electrons. The van der Waals surface area contributed by atoms with Crippen LogP contribution in [0.25, 0.3) is 0 Å². The average Bonchev–Trinajstić information content (AvgIpc) is 2.86. The molecule has 3 atom stereocenters. The van der Waals surface area contributed by atoms with Gasteiger partial charge in [0.1, 0.15) is 5.82 Å². The Morgan fingerprint density at radius 3 is 2.82 bits per heavy atom. The third kappa shape index (κ3) is 4.76. The van der Waals surface area contributed by atoms with Crippen molar-refractivity contribution >= 4 is 11.7 Å². The Morgan fingerprint density at radius 1 is 1.24 bits per heavy atom. The highest BCUT2D eigenvalue weighted by molar-refractivity contribution is 5.97. The first-order valence-corrected chi connectivity index (χ1v) is 12.4. The summed E-state index contributed by atoms with van der Waals surface area (Å²) in [6, 6.07) is 10.6. The smallest absolute Gasteiger partial charge is 0.254 e. The van der Waals surface area contributed by atoms with Crippen LogP contribution in [0.5, 0.6) is 0 Å². The van der Waals surface area contributed by atoms with Gasteiger partial charge in [-0.2, -0.15) is 0 Å². The van der Waals surface area contributed by atoms with Crippen LogP contribution in [0.1, 0.15) is 59.2 Å². The monoisotopic (exact) mass is 449 g/mol. The molecule has 2 aromatic rings. The number of piperidine rings is 1. The van der Waals surface area contributed by atoms with Gasteiger partial charge in [0.15, 0.2) is 0 Å². The number of carbonyl (C=O) groups is 1. The zero-order valence-electron chi connectivity index (χ0n) is 19.4. The summed E-state index contributed by atoms with van der Waals surface area (Å²) in [6.07, 6.45) is 5.10. The number of carbonyl (C=O) groups excluding carboxylic acids is 1. The molecule has 1 fully saturated rings. The van der Waals surface area contributed by atoms with E-state index in [9.17, 15) is 9.90 Å². The maximum absolute atomic E-state index is 13.5. The Labute approximate surface area is 196 Å². The van der Waals surface area contributed by atoms with E-state index in [1.54, 1.807) is 0 Å². The lowest BCUT2D eigenvalue weighted by Gasteiger charge is -2.37. The van der Waals surface area contributed by atoms with Gasteiger partial charge in [-0.3, -0.25) is 4.79 Å². The Hall–Kier alpha value is -2.48. The number of amides is 1. The summed E-state index contributed by atoms with van der Waals surface area (Å²) >= 11 is 0. The number of pyridine rings is 1. The van der Waals surface area contributed by atoms with Gasteiger partial charge in [0, 0.05) is 49.4 Å². The fourth-order valence-corrected chi connectivity index (χ4v) is 5.46. The molecule has 1 saturated heterocycles. The van der Waals surface area contributed by atoms with Crippen LogP contribution in [0, 0.1) is 0 Å². The van der Waals surface area contributed by atoms with Crippen molar-refractivity contribution in [3.05, 3.63) is 58.8 Å². The number of fused-ring (bicyclic) bond motifs is 2. The zero-order chi connectivity index (χ0) is 22.8. The number of benzene rings is 1. The predicted molar refractivity (Wildman–Crippen MR) is 129 cm³/mol. The molecule has 1 amide bonds. The third-order valence-corrected chi connectivity index (χ3v) is 7.50. The number of anilines is 1. The molecule has 33 heavy (non-hydrogen) atoms. The van der Waals surface area contributed by atoms with Crippen molar-refractivity contribution in [2.24, 2.45) is 0 Å². The summed E-state index contributed by atoms with van der Waals surface area (Å²) in [5, 5.41) is 21.4. The molecule has 3 unspecified atom stereocenters. The maximum atomic E-state index is 13.5. The number of aliphatic hydroxyl groups is 1. The van der Waals surface area contributed by atoms with Crippen molar-refractivity contribution in [2.75, 3.05) is 31.5 Å². The molecule has 176 valence electrons. The molecule has 1 aromatic heterocycles. The van der Waals surface area contributed by atoms with E-state index < -0.39 is 6.10 Å². The molecule has 4 heterocycles. The Kier molecular flexibility index (Phi) is 6.62. The van der Waals surface area contributed by atoms with Gasteiger partial charge in [0.05, 0.1) is 6.10 Å². The van der Waals surface area contributed by atoms with Gasteiger partial charge >= 0.3 is 0 Å². The number of hydrogen-bond donors (Lipinski definition) is 4. The summed E-state index contributed by atoms with van der Waals surface area (Å²) in [5.41, 5.74) is 4.33. The van der Waals surface area contributed by atoms with E-state index in [2.05, 4.69) is 46.1 Å². The average molecular weight is 450 g/mol. The highest BCUT2D eigenvalue weighted by atomic mass is 16.3. The standard InChI is InChI=1S/C26H35N5O2/c1-2-17-15-31(16-24(32)23-11-18-5-3-4-6-19(18)13-28-23)26(33)21-12-25(29-14-22(17)21)30-20-7-9-27-10-8-20/h3-6,12,14,17,20,23-24,27-28,32H,2,7-11,13,15-16H2,1H3,(H,29,30). The Bertz CT molecular complexity index is 990. The summed E-state index contributed by atoms with van der Waals surface area (Å²) in [4.78, 5) is 20.0. The number of rotatable bonds is 6. The van der Waals surface area contributed by atoms with Gasteiger partial charge in [-0.15, -0.1) is 0 Å². The molecule has 3 aliphatic rings. The second kappa shape index (κ2) is 9.79. The molecule has 1 aromatic carbocycles. The van der Waals surface area contributed by atoms with Gasteiger partial charge < -0.3 is 26.0 Å². The normalized spacial score (nSPS) is 24.2. The topological polar surface area (TPSA) is 89.5 Å². The Morgan fingerprint density at radius 2 is 2.03 bits per heavy atom. The van der Waals surface area contributed by atoms with Crippen molar-refractivity contribution in [3.63, 3.8) is 0 Å². The van der Waals surface area contributed by atoms with Gasteiger partial charge in [-0.25, -0.2) is 4.98 Å². The van der Waals surface area contributed by atoms with E-state index >= 15 is 0 Å². The quantitative estimate of drug-likeness (QED) is 0.541. The molecule has 4 N–H and O–H groups in total. The van der Waals surface area contributed by atoms with Crippen LogP contribution in [0.15, 0.2) is 36.5 Å². The fourth-order valence-electron chi connectivity index (χ4n) is 5.46. The van der Waals surface area contributed by atoms with E-state index in [4.69, 9.17) is 0 Å². The number of nitrogens with zero attached hydrogens (tertiary/aromatic N) is 2. The lowest BCUT2D eigenvalue weighted by atomic mass is 9.88. The van der Waals surface area contributed by atoms with Gasteiger partial charge in [0.2, 0.25) is 0 Å². The molecule has 7 nitrogen and oxygen atoms in total. The molecule has 0 spiro atoms. The van der Waals surface area contributed by atoms with Crippen LogP contribution in [-0.4, -0.2) is 65.3 Å². The lowest BCUT2D eigenvalue weighted by molar-refractivity contribution is 0.0484. The Balaban J connectivity index is 1.30. The van der Waals surface area contributed by atoms with Crippen LogP contribution in [0.2, 0.25) is 0 Å². The van der Waals surface area contributed by atoms with Crippen molar-refractivity contribution in [1.29, 1.82) is 0 Å². The summed E-state index contributed by atoms with van der Waals surface area (Å²) in [5.74, 6) is 1.02. The molecular weight excluding hydrogens is 414 g/mol. The van der Waals surface area contributed by atoms with Crippen LogP contribution in [0.4, 0.5) is 5.82 Å². The predicted octanol–water partition coefficient (Wildman–Crippen LogP) is 2.27. The van der Waals surface area contributed by atoms with Crippen LogP contribution < -0.4 is 16.0 Å². The van der Waals surface area contributed by atoms with Crippen LogP contribution in [-0.2, 0) is 13.0 Å². The summed E-state index contributed by atoms with van der Waals surface area (Å²) in [7, 11) is 0. The highest BCUT2D eigenvalue weighted by Gasteiger charge is 2.34. The second-order valence-corrected chi connectivity index (χ2v) is 9.67. The van der Waals surface area contributed by atoms with Gasteiger partial charge in [-0.1, -0.05) is 31.2 Å². The van der Waals surface area contributed by atoms with Crippen LogP contribution >= 0.6 is 0 Å². The lowest BCUT2D eigenvalue weighted by Crippen LogP contribution is -2.52. The molecule has 0 aliphatic carbocycles. The number of aliphatic hydroxyl groups excluding tert-OH is 1. The van der Waals surface area contributed by atoms with E-state index in [-0.39, 0.29) is 17.9 Å². The summed E-state index contributed by atoms with van der Waals surface area (Å²) in [6.45, 7) is 5.89. The highest BCUT2D eigenvalue weighted by Crippen LogP contribution is 2.32. The fraction of sp³-hybridized carbons (Fsp3) is 0.538. The first-order valence-electron chi connectivity index (χ1n) is 12.4. The molecule has 0 saturated carbocycles. The minimum atomic E-state index is -0.615. The van der Waals surface area contributed by atoms with Crippen molar-refractivity contribution < 1.29 is 9.90 Å². The van der Waals surface area contributed by atoms with Crippen LogP contribution in [0.3, 0.4) is 0 Å². The third-order valence-electron chi connectivity index (χ3n) is 7.50. The van der Waals surface area contributed by atoms with Crippen molar-refractivity contribution in [2.45, 2.75) is 63.3 Å². The molecule has 0 bridgehead atoms. The van der Waals surface area contributed by atoms with Gasteiger partial charge in [0.25, 0.3) is 5.91 Å². The zero-order valence-corrected chi connectivity index (χ0v) is 19.4. The van der Waals surface area contributed by atoms with E-state index in [1.807, 2.05) is 23.2 Å². The number of β-amino-alcohol motifs (C(OH)–C–C–N with tert-alkyl or cyclic N) is 1. The largest absolute Gasteiger partial charge is 0.390 e. The minimum Gasteiger partial charge on any atom is -0.390 e. The van der Waals surface area contributed by atoms with Crippen molar-refractivity contribution in [1.82, 2.24) is 20.5 Å². The number of nitrogens with one attached hydrogen (secondary N) is 3. The van der Waals surface area contributed by atoms with E-state index in [1.165, 1.54) is 11.1 Å². The number of hydrogen-bond acceptors (Lipinski definition) is 6. The second-order valence-electron chi connectivity index (χ2n) is 9.67. The SMILES string of the molecule is CCC1CN(CC(O)C2Cc3ccccc3CN2)C(=O)c2cc(NC3CCNCC3)ncc21. The van der Waals surface area contributed by atoms with Gasteiger partial charge in [-0.05, 0) is 61.5 Å². The molecule has 7 heteroatoms. The van der Waals surface area contributed by atoms with Crippen molar-refractivity contribution in [3.8, 4) is 0 Å².